The van der Waals surface area contributed by atoms with Gasteiger partial charge in [0.1, 0.15) is 17.8 Å². The van der Waals surface area contributed by atoms with E-state index in [1.54, 1.807) is 6.07 Å². The van der Waals surface area contributed by atoms with Crippen LogP contribution in [0.15, 0.2) is 17.2 Å². The van der Waals surface area contributed by atoms with E-state index in [1.807, 2.05) is 0 Å². The Morgan fingerprint density at radius 3 is 3.11 bits per heavy atom. The Morgan fingerprint density at radius 1 is 1.37 bits per heavy atom. The van der Waals surface area contributed by atoms with Crippen molar-refractivity contribution >= 4 is 5.82 Å². The molecule has 0 aromatic carbocycles. The van der Waals surface area contributed by atoms with Crippen molar-refractivity contribution in [2.45, 2.75) is 12.8 Å². The van der Waals surface area contributed by atoms with E-state index in [2.05, 4.69) is 25.3 Å². The molecule has 0 spiro atoms. The van der Waals surface area contributed by atoms with Crippen LogP contribution in [0.25, 0.3) is 11.5 Å². The first-order valence-corrected chi connectivity index (χ1v) is 6.01. The number of H-pyrrole nitrogens is 1. The predicted octanol–water partition coefficient (Wildman–Crippen LogP) is 0.594. The summed E-state index contributed by atoms with van der Waals surface area (Å²) in [4.78, 5) is 27.2. The molecular weight excluding hydrogens is 246 g/mol. The molecule has 19 heavy (non-hydrogen) atoms. The number of methoxy groups -OCH3 is 1. The van der Waals surface area contributed by atoms with E-state index in [0.717, 1.165) is 19.4 Å². The van der Waals surface area contributed by atoms with Gasteiger partial charge in [-0.2, -0.15) is 0 Å². The molecule has 0 radical (unpaired) electrons. The number of hydrogen-bond donors (Lipinski definition) is 2. The first-order valence-electron chi connectivity index (χ1n) is 6.01. The molecule has 0 atom stereocenters. The molecule has 2 aromatic heterocycles. The largest absolute Gasteiger partial charge is 0.481 e. The van der Waals surface area contributed by atoms with E-state index in [4.69, 9.17) is 4.74 Å². The van der Waals surface area contributed by atoms with Crippen LogP contribution in [0.2, 0.25) is 0 Å². The van der Waals surface area contributed by atoms with Gasteiger partial charge in [0.25, 0.3) is 5.56 Å². The van der Waals surface area contributed by atoms with Crippen molar-refractivity contribution in [3.63, 3.8) is 0 Å². The highest BCUT2D eigenvalue weighted by atomic mass is 16.5. The Bertz CT molecular complexity index is 667. The molecule has 0 bridgehead atoms. The molecule has 0 saturated heterocycles. The van der Waals surface area contributed by atoms with Crippen LogP contribution in [0, 0.1) is 0 Å². The van der Waals surface area contributed by atoms with Gasteiger partial charge >= 0.3 is 0 Å². The number of hydrogen-bond acceptors (Lipinski definition) is 6. The van der Waals surface area contributed by atoms with Crippen molar-refractivity contribution in [1.82, 2.24) is 19.9 Å². The van der Waals surface area contributed by atoms with Crippen molar-refractivity contribution in [2.75, 3.05) is 19.0 Å². The second-order valence-corrected chi connectivity index (χ2v) is 4.22. The van der Waals surface area contributed by atoms with Crippen molar-refractivity contribution in [3.8, 4) is 17.4 Å². The summed E-state index contributed by atoms with van der Waals surface area (Å²) < 4.78 is 5.03. The molecule has 2 aromatic rings. The summed E-state index contributed by atoms with van der Waals surface area (Å²) in [5, 5.41) is 3.14. The van der Waals surface area contributed by atoms with Gasteiger partial charge in [-0.1, -0.05) is 0 Å². The minimum absolute atomic E-state index is 0.121. The number of rotatable bonds is 2. The molecule has 98 valence electrons. The third-order valence-electron chi connectivity index (χ3n) is 3.01. The van der Waals surface area contributed by atoms with E-state index in [1.165, 1.54) is 13.4 Å². The van der Waals surface area contributed by atoms with Crippen LogP contribution in [0.4, 0.5) is 5.82 Å². The fourth-order valence-electron chi connectivity index (χ4n) is 2.05. The number of nitrogens with one attached hydrogen (secondary N) is 2. The maximum atomic E-state index is 12.0. The Balaban J connectivity index is 2.10. The summed E-state index contributed by atoms with van der Waals surface area (Å²) >= 11 is 0. The zero-order chi connectivity index (χ0) is 13.2. The third kappa shape index (κ3) is 2.14. The zero-order valence-corrected chi connectivity index (χ0v) is 10.4. The van der Waals surface area contributed by atoms with Gasteiger partial charge in [-0.15, -0.1) is 0 Å². The normalized spacial score (nSPS) is 13.5. The van der Waals surface area contributed by atoms with Gasteiger partial charge in [0.15, 0.2) is 5.82 Å². The van der Waals surface area contributed by atoms with Crippen LogP contribution in [0.5, 0.6) is 5.88 Å². The first-order chi connectivity index (χ1) is 9.28. The number of nitrogens with zero attached hydrogens (tertiary/aromatic N) is 3. The quantitative estimate of drug-likeness (QED) is 0.820. The number of aromatic nitrogens is 4. The number of anilines is 1. The smallest absolute Gasteiger partial charge is 0.256 e. The second-order valence-electron chi connectivity index (χ2n) is 4.22. The van der Waals surface area contributed by atoms with Gasteiger partial charge in [0.05, 0.1) is 12.7 Å². The molecule has 3 rings (SSSR count). The van der Waals surface area contributed by atoms with E-state index in [-0.39, 0.29) is 5.56 Å². The molecule has 2 N–H and O–H groups in total. The van der Waals surface area contributed by atoms with Crippen molar-refractivity contribution < 1.29 is 4.74 Å². The van der Waals surface area contributed by atoms with Gasteiger partial charge in [-0.3, -0.25) is 4.79 Å². The number of fused-ring (bicyclic) bond motifs is 1. The summed E-state index contributed by atoms with van der Waals surface area (Å²) in [6, 6.07) is 1.63. The van der Waals surface area contributed by atoms with Crippen LogP contribution in [-0.2, 0) is 6.42 Å². The first kappa shape index (κ1) is 11.6. The highest BCUT2D eigenvalue weighted by molar-refractivity contribution is 5.56. The van der Waals surface area contributed by atoms with Gasteiger partial charge < -0.3 is 15.0 Å². The molecule has 1 aliphatic heterocycles. The highest BCUT2D eigenvalue weighted by Gasteiger charge is 2.16. The van der Waals surface area contributed by atoms with Crippen molar-refractivity contribution in [3.05, 3.63) is 28.3 Å². The van der Waals surface area contributed by atoms with Gasteiger partial charge in [-0.25, -0.2) is 15.0 Å². The van der Waals surface area contributed by atoms with E-state index >= 15 is 0 Å². The second kappa shape index (κ2) is 4.68. The van der Waals surface area contributed by atoms with E-state index < -0.39 is 0 Å². The lowest BCUT2D eigenvalue weighted by molar-refractivity contribution is 0.397. The minimum Gasteiger partial charge on any atom is -0.481 e. The lowest BCUT2D eigenvalue weighted by Gasteiger charge is -2.16. The van der Waals surface area contributed by atoms with Crippen LogP contribution in [0.1, 0.15) is 12.0 Å². The summed E-state index contributed by atoms with van der Waals surface area (Å²) in [7, 11) is 1.52. The van der Waals surface area contributed by atoms with Crippen molar-refractivity contribution in [2.24, 2.45) is 0 Å². The number of aromatic amines is 1. The topological polar surface area (TPSA) is 92.8 Å². The predicted molar refractivity (Wildman–Crippen MR) is 69.2 cm³/mol. The Kier molecular flexibility index (Phi) is 2.86. The lowest BCUT2D eigenvalue weighted by atomic mass is 10.1. The summed E-state index contributed by atoms with van der Waals surface area (Å²) in [6.45, 7) is 0.829. The maximum absolute atomic E-state index is 12.0. The van der Waals surface area contributed by atoms with Crippen LogP contribution in [-0.4, -0.2) is 33.6 Å². The molecular formula is C12H13N5O2. The van der Waals surface area contributed by atoms with Gasteiger partial charge in [0.2, 0.25) is 5.88 Å². The number of ether oxygens (including phenoxy) is 1. The summed E-state index contributed by atoms with van der Waals surface area (Å²) in [5.74, 6) is 1.49. The molecule has 0 aliphatic carbocycles. The molecule has 1 aliphatic rings. The molecule has 0 unspecified atom stereocenters. The van der Waals surface area contributed by atoms with Crippen LogP contribution < -0.4 is 15.6 Å². The van der Waals surface area contributed by atoms with Crippen LogP contribution in [0.3, 0.4) is 0 Å². The minimum atomic E-state index is -0.121. The van der Waals surface area contributed by atoms with Crippen molar-refractivity contribution in [1.29, 1.82) is 0 Å². The average molecular weight is 259 g/mol. The Morgan fingerprint density at radius 2 is 2.26 bits per heavy atom. The molecule has 7 nitrogen and oxygen atoms in total. The van der Waals surface area contributed by atoms with Crippen LogP contribution >= 0.6 is 0 Å². The molecule has 3 heterocycles. The fourth-order valence-corrected chi connectivity index (χ4v) is 2.05. The SMILES string of the molecule is COc1cc(-c2nc3c(c(=O)[nH]2)CCCN3)ncn1. The molecule has 7 heteroatoms. The standard InChI is InChI=1S/C12H13N5O2/c1-19-9-5-8(14-6-15-9)11-16-10-7(12(18)17-11)3-2-4-13-10/h5-6H,2-4H2,1H3,(H2,13,16,17,18). The van der Waals surface area contributed by atoms with E-state index in [0.29, 0.717) is 28.8 Å². The maximum Gasteiger partial charge on any atom is 0.256 e. The fraction of sp³-hybridized carbons (Fsp3) is 0.333. The van der Waals surface area contributed by atoms with E-state index in [9.17, 15) is 4.79 Å². The third-order valence-corrected chi connectivity index (χ3v) is 3.01. The molecule has 0 amide bonds. The summed E-state index contributed by atoms with van der Waals surface area (Å²) in [5.41, 5.74) is 1.11. The monoisotopic (exact) mass is 259 g/mol. The lowest BCUT2D eigenvalue weighted by Crippen LogP contribution is -2.24. The molecule has 0 saturated carbocycles. The molecule has 0 fully saturated rings. The van der Waals surface area contributed by atoms with Gasteiger partial charge in [-0.05, 0) is 12.8 Å². The zero-order valence-electron chi connectivity index (χ0n) is 10.4. The van der Waals surface area contributed by atoms with Gasteiger partial charge in [0, 0.05) is 12.6 Å². The Hall–Kier alpha value is -2.44. The Labute approximate surface area is 109 Å². The average Bonchev–Trinajstić information content (AvgIpc) is 2.47. The summed E-state index contributed by atoms with van der Waals surface area (Å²) in [6.07, 6.45) is 3.07. The highest BCUT2D eigenvalue weighted by Crippen LogP contribution is 2.20.